The Morgan fingerprint density at radius 1 is 1.00 bits per heavy atom. The van der Waals surface area contributed by atoms with Gasteiger partial charge in [0.2, 0.25) is 5.91 Å². The summed E-state index contributed by atoms with van der Waals surface area (Å²) in [6, 6.07) is 10.1. The third kappa shape index (κ3) is 4.10. The normalized spacial score (nSPS) is 10.4. The van der Waals surface area contributed by atoms with Gasteiger partial charge in [-0.2, -0.15) is 0 Å². The molecule has 0 atom stereocenters. The van der Waals surface area contributed by atoms with Crippen molar-refractivity contribution >= 4 is 33.2 Å². The molecule has 0 unspecified atom stereocenters. The Kier molecular flexibility index (Phi) is 5.24. The van der Waals surface area contributed by atoms with Crippen molar-refractivity contribution in [3.8, 4) is 0 Å². The van der Waals surface area contributed by atoms with Crippen molar-refractivity contribution in [1.82, 2.24) is 0 Å². The molecule has 0 spiro atoms. The highest BCUT2D eigenvalue weighted by Crippen LogP contribution is 2.24. The van der Waals surface area contributed by atoms with Gasteiger partial charge >= 0.3 is 0 Å². The first kappa shape index (κ1) is 16.6. The molecule has 0 bridgehead atoms. The molecule has 0 fully saturated rings. The fourth-order valence-corrected chi connectivity index (χ4v) is 3.14. The lowest BCUT2D eigenvalue weighted by molar-refractivity contribution is -0.114. The SMILES string of the molecule is Cc1cc(C)c(NCC(=O)Nc2ccc(C)cc2Br)c(C)c1. The van der Waals surface area contributed by atoms with Gasteiger partial charge in [-0.15, -0.1) is 0 Å². The summed E-state index contributed by atoms with van der Waals surface area (Å²) in [6.07, 6.45) is 0. The van der Waals surface area contributed by atoms with E-state index in [0.29, 0.717) is 0 Å². The van der Waals surface area contributed by atoms with E-state index in [1.807, 2.05) is 25.1 Å². The summed E-state index contributed by atoms with van der Waals surface area (Å²) in [5.41, 5.74) is 6.50. The molecule has 22 heavy (non-hydrogen) atoms. The van der Waals surface area contributed by atoms with Crippen LogP contribution in [-0.4, -0.2) is 12.5 Å². The van der Waals surface area contributed by atoms with Crippen molar-refractivity contribution in [3.63, 3.8) is 0 Å². The number of halogens is 1. The number of nitrogens with one attached hydrogen (secondary N) is 2. The predicted octanol–water partition coefficient (Wildman–Crippen LogP) is 4.73. The van der Waals surface area contributed by atoms with Crippen LogP contribution in [0.2, 0.25) is 0 Å². The molecule has 0 aliphatic heterocycles. The monoisotopic (exact) mass is 360 g/mol. The molecule has 4 heteroatoms. The lowest BCUT2D eigenvalue weighted by atomic mass is 10.1. The average molecular weight is 361 g/mol. The van der Waals surface area contributed by atoms with Crippen LogP contribution in [0.25, 0.3) is 0 Å². The van der Waals surface area contributed by atoms with Crippen molar-refractivity contribution in [2.75, 3.05) is 17.2 Å². The molecule has 2 N–H and O–H groups in total. The molecule has 0 aromatic heterocycles. The van der Waals surface area contributed by atoms with Gasteiger partial charge in [0.15, 0.2) is 0 Å². The van der Waals surface area contributed by atoms with E-state index in [4.69, 9.17) is 0 Å². The first-order valence-electron chi connectivity index (χ1n) is 7.24. The molecule has 0 aliphatic rings. The maximum absolute atomic E-state index is 12.1. The Labute approximate surface area is 140 Å². The number of aryl methyl sites for hydroxylation is 4. The van der Waals surface area contributed by atoms with Gasteiger partial charge in [0.1, 0.15) is 0 Å². The van der Waals surface area contributed by atoms with Crippen molar-refractivity contribution in [3.05, 3.63) is 57.1 Å². The lowest BCUT2D eigenvalue weighted by Crippen LogP contribution is -2.22. The number of rotatable bonds is 4. The highest BCUT2D eigenvalue weighted by atomic mass is 79.9. The Bertz CT molecular complexity index is 687. The quantitative estimate of drug-likeness (QED) is 0.826. The zero-order chi connectivity index (χ0) is 16.3. The van der Waals surface area contributed by atoms with Crippen LogP contribution in [-0.2, 0) is 4.79 Å². The Balaban J connectivity index is 2.02. The summed E-state index contributed by atoms with van der Waals surface area (Å²) >= 11 is 3.47. The molecular formula is C18H21BrN2O. The minimum atomic E-state index is -0.0658. The number of carbonyl (C=O) groups excluding carboxylic acids is 1. The fourth-order valence-electron chi connectivity index (χ4n) is 2.54. The van der Waals surface area contributed by atoms with Crippen molar-refractivity contribution < 1.29 is 4.79 Å². The van der Waals surface area contributed by atoms with E-state index < -0.39 is 0 Å². The smallest absolute Gasteiger partial charge is 0.243 e. The summed E-state index contributed by atoms with van der Waals surface area (Å²) < 4.78 is 0.892. The fraction of sp³-hybridized carbons (Fsp3) is 0.278. The van der Waals surface area contributed by atoms with Gasteiger partial charge in [0, 0.05) is 10.2 Å². The molecule has 0 heterocycles. The third-order valence-electron chi connectivity index (χ3n) is 3.50. The van der Waals surface area contributed by atoms with E-state index in [0.717, 1.165) is 32.5 Å². The second-order valence-corrected chi connectivity index (χ2v) is 6.51. The van der Waals surface area contributed by atoms with E-state index in [2.05, 4.69) is 59.5 Å². The minimum Gasteiger partial charge on any atom is -0.376 e. The average Bonchev–Trinajstić information content (AvgIpc) is 2.40. The second-order valence-electron chi connectivity index (χ2n) is 5.66. The molecule has 0 aliphatic carbocycles. The van der Waals surface area contributed by atoms with Crippen LogP contribution in [0.3, 0.4) is 0 Å². The number of hydrogen-bond acceptors (Lipinski definition) is 2. The zero-order valence-electron chi connectivity index (χ0n) is 13.4. The minimum absolute atomic E-state index is 0.0658. The highest BCUT2D eigenvalue weighted by Gasteiger charge is 2.08. The van der Waals surface area contributed by atoms with Crippen molar-refractivity contribution in [2.45, 2.75) is 27.7 Å². The zero-order valence-corrected chi connectivity index (χ0v) is 15.0. The summed E-state index contributed by atoms with van der Waals surface area (Å²) in [5.74, 6) is -0.0658. The lowest BCUT2D eigenvalue weighted by Gasteiger charge is -2.14. The molecule has 0 saturated heterocycles. The third-order valence-corrected chi connectivity index (χ3v) is 4.16. The van der Waals surface area contributed by atoms with Crippen LogP contribution < -0.4 is 10.6 Å². The molecule has 2 rings (SSSR count). The molecule has 0 radical (unpaired) electrons. The first-order chi connectivity index (χ1) is 10.4. The topological polar surface area (TPSA) is 41.1 Å². The van der Waals surface area contributed by atoms with Gasteiger partial charge in [0.25, 0.3) is 0 Å². The van der Waals surface area contributed by atoms with Crippen LogP contribution in [0.15, 0.2) is 34.8 Å². The van der Waals surface area contributed by atoms with E-state index >= 15 is 0 Å². The summed E-state index contributed by atoms with van der Waals surface area (Å²) in [5, 5.41) is 6.14. The molecular weight excluding hydrogens is 340 g/mol. The molecule has 1 amide bonds. The van der Waals surface area contributed by atoms with Crippen molar-refractivity contribution in [1.29, 1.82) is 0 Å². The Morgan fingerprint density at radius 2 is 1.64 bits per heavy atom. The maximum Gasteiger partial charge on any atom is 0.243 e. The number of anilines is 2. The summed E-state index contributed by atoms with van der Waals surface area (Å²) in [4.78, 5) is 12.1. The van der Waals surface area contributed by atoms with Crippen LogP contribution in [0.1, 0.15) is 22.3 Å². The van der Waals surface area contributed by atoms with Crippen LogP contribution >= 0.6 is 15.9 Å². The van der Waals surface area contributed by atoms with E-state index in [9.17, 15) is 4.79 Å². The van der Waals surface area contributed by atoms with Gasteiger partial charge in [-0.1, -0.05) is 23.8 Å². The number of hydrogen-bond donors (Lipinski definition) is 2. The van der Waals surface area contributed by atoms with Gasteiger partial charge in [-0.05, 0) is 72.4 Å². The van der Waals surface area contributed by atoms with Crippen LogP contribution in [0, 0.1) is 27.7 Å². The number of carbonyl (C=O) groups is 1. The maximum atomic E-state index is 12.1. The van der Waals surface area contributed by atoms with E-state index in [1.54, 1.807) is 0 Å². The first-order valence-corrected chi connectivity index (χ1v) is 8.04. The Morgan fingerprint density at radius 3 is 2.23 bits per heavy atom. The summed E-state index contributed by atoms with van der Waals surface area (Å²) in [6.45, 7) is 8.44. The molecule has 116 valence electrons. The predicted molar refractivity (Wildman–Crippen MR) is 96.7 cm³/mol. The highest BCUT2D eigenvalue weighted by molar-refractivity contribution is 9.10. The molecule has 2 aromatic rings. The molecule has 3 nitrogen and oxygen atoms in total. The Hall–Kier alpha value is -1.81. The van der Waals surface area contributed by atoms with Crippen molar-refractivity contribution in [2.24, 2.45) is 0 Å². The van der Waals surface area contributed by atoms with Crippen LogP contribution in [0.4, 0.5) is 11.4 Å². The van der Waals surface area contributed by atoms with Gasteiger partial charge in [-0.3, -0.25) is 4.79 Å². The molecule has 0 saturated carbocycles. The van der Waals surface area contributed by atoms with Crippen LogP contribution in [0.5, 0.6) is 0 Å². The largest absolute Gasteiger partial charge is 0.376 e. The van der Waals surface area contributed by atoms with Gasteiger partial charge < -0.3 is 10.6 Å². The van der Waals surface area contributed by atoms with Gasteiger partial charge in [-0.25, -0.2) is 0 Å². The standard InChI is InChI=1S/C18H21BrN2O/c1-11-5-6-16(15(19)9-11)21-17(22)10-20-18-13(3)7-12(2)8-14(18)4/h5-9,20H,10H2,1-4H3,(H,21,22). The van der Waals surface area contributed by atoms with E-state index in [-0.39, 0.29) is 12.5 Å². The summed E-state index contributed by atoms with van der Waals surface area (Å²) in [7, 11) is 0. The van der Waals surface area contributed by atoms with Gasteiger partial charge in [0.05, 0.1) is 12.2 Å². The molecule has 2 aromatic carbocycles. The number of benzene rings is 2. The van der Waals surface area contributed by atoms with E-state index in [1.165, 1.54) is 5.56 Å². The second kappa shape index (κ2) is 6.97. The number of amides is 1.